The van der Waals surface area contributed by atoms with E-state index in [2.05, 4.69) is 4.90 Å². The zero-order valence-corrected chi connectivity index (χ0v) is 24.0. The normalized spacial score (nSPS) is 17.2. The molecule has 1 unspecified atom stereocenters. The molecule has 0 aromatic heterocycles. The van der Waals surface area contributed by atoms with Crippen molar-refractivity contribution in [1.29, 1.82) is 0 Å². The number of hydrogen-bond donors (Lipinski definition) is 2. The second-order valence-electron chi connectivity index (χ2n) is 10.4. The lowest BCUT2D eigenvalue weighted by atomic mass is 9.87. The maximum Gasteiger partial charge on any atom is 0.339 e. The van der Waals surface area contributed by atoms with Gasteiger partial charge in [-0.05, 0) is 53.6 Å². The third kappa shape index (κ3) is 6.93. The molecule has 0 aliphatic carbocycles. The Bertz CT molecular complexity index is 1340. The molecule has 1 atom stereocenters. The Morgan fingerprint density at radius 2 is 1.77 bits per heavy atom. The van der Waals surface area contributed by atoms with Crippen LogP contribution in [-0.2, 0) is 13.0 Å². The first kappa shape index (κ1) is 29.8. The summed E-state index contributed by atoms with van der Waals surface area (Å²) in [4.78, 5) is 14.0. The number of aliphatic hydroxyl groups is 1. The highest BCUT2D eigenvalue weighted by Gasteiger charge is 2.43. The van der Waals surface area contributed by atoms with Crippen LogP contribution in [0.4, 0.5) is 0 Å². The van der Waals surface area contributed by atoms with E-state index >= 15 is 0 Å². The largest absolute Gasteiger partial charge is 0.497 e. The van der Waals surface area contributed by atoms with Crippen LogP contribution in [0.2, 0.25) is 5.02 Å². The first-order valence-electron chi connectivity index (χ1n) is 12.9. The van der Waals surface area contributed by atoms with Crippen molar-refractivity contribution in [3.63, 3.8) is 0 Å². The standard InChI is InChI=1S/C30H32ClNO7.ClH/c1-29(35,19-32-13-11-30(12-14-32)17-21-15-22(31)5-10-26(21)39-30)38-27-16-24(8-9-25(27)28(33)34)37-18-20-3-6-23(36-2)7-4-20;/h3-10,15-16,35H,11-14,17-19H2,1-2H3,(H,33,34);1H. The Morgan fingerprint density at radius 3 is 2.45 bits per heavy atom. The van der Waals surface area contributed by atoms with E-state index in [9.17, 15) is 15.0 Å². The molecule has 2 N–H and O–H groups in total. The van der Waals surface area contributed by atoms with Crippen molar-refractivity contribution in [2.75, 3.05) is 26.7 Å². The summed E-state index contributed by atoms with van der Waals surface area (Å²) in [7, 11) is 1.60. The molecule has 1 saturated heterocycles. The zero-order chi connectivity index (χ0) is 27.6. The third-order valence-corrected chi connectivity index (χ3v) is 7.46. The first-order valence-corrected chi connectivity index (χ1v) is 13.3. The van der Waals surface area contributed by atoms with Gasteiger partial charge in [-0.2, -0.15) is 0 Å². The van der Waals surface area contributed by atoms with Gasteiger partial charge in [0.15, 0.2) is 0 Å². The lowest BCUT2D eigenvalue weighted by Gasteiger charge is -2.41. The van der Waals surface area contributed by atoms with Gasteiger partial charge in [-0.1, -0.05) is 23.7 Å². The number of carbonyl (C=O) groups is 1. The molecule has 0 saturated carbocycles. The number of carboxylic acids is 1. The number of β-amino-alcohol motifs (C(OH)–C–C–N with tert-alkyl or cyclic N) is 1. The minimum absolute atomic E-state index is 0. The van der Waals surface area contributed by atoms with Gasteiger partial charge in [-0.15, -0.1) is 12.4 Å². The summed E-state index contributed by atoms with van der Waals surface area (Å²) in [6.45, 7) is 3.44. The third-order valence-electron chi connectivity index (χ3n) is 7.22. The van der Waals surface area contributed by atoms with E-state index in [1.54, 1.807) is 13.2 Å². The molecule has 1 spiro atoms. The molecule has 214 valence electrons. The lowest BCUT2D eigenvalue weighted by molar-refractivity contribution is -0.144. The molecule has 0 bridgehead atoms. The molecule has 2 heterocycles. The summed E-state index contributed by atoms with van der Waals surface area (Å²) in [5, 5.41) is 21.5. The van der Waals surface area contributed by atoms with Gasteiger partial charge in [0.2, 0.25) is 5.79 Å². The van der Waals surface area contributed by atoms with E-state index in [-0.39, 0.29) is 42.5 Å². The summed E-state index contributed by atoms with van der Waals surface area (Å²) in [6.07, 6.45) is 2.41. The molecular weight excluding hydrogens is 557 g/mol. The number of ether oxygens (including phenoxy) is 4. The second kappa shape index (κ2) is 12.1. The highest BCUT2D eigenvalue weighted by molar-refractivity contribution is 6.30. The predicted octanol–water partition coefficient (Wildman–Crippen LogP) is 5.60. The highest BCUT2D eigenvalue weighted by Crippen LogP contribution is 2.42. The number of methoxy groups -OCH3 is 1. The fraction of sp³-hybridized carbons (Fsp3) is 0.367. The van der Waals surface area contributed by atoms with Gasteiger partial charge >= 0.3 is 5.97 Å². The topological polar surface area (TPSA) is 97.7 Å². The smallest absolute Gasteiger partial charge is 0.339 e. The Morgan fingerprint density at radius 1 is 1.07 bits per heavy atom. The van der Waals surface area contributed by atoms with Crippen LogP contribution < -0.4 is 18.9 Å². The van der Waals surface area contributed by atoms with Crippen molar-refractivity contribution in [2.45, 2.75) is 44.2 Å². The van der Waals surface area contributed by atoms with E-state index < -0.39 is 11.8 Å². The maximum atomic E-state index is 11.9. The van der Waals surface area contributed by atoms with Gasteiger partial charge in [0.05, 0.1) is 13.7 Å². The van der Waals surface area contributed by atoms with Crippen molar-refractivity contribution in [2.24, 2.45) is 0 Å². The van der Waals surface area contributed by atoms with Crippen LogP contribution in [0.15, 0.2) is 60.7 Å². The molecule has 3 aromatic carbocycles. The Balaban J connectivity index is 0.00000370. The lowest BCUT2D eigenvalue weighted by Crippen LogP contribution is -2.52. The minimum Gasteiger partial charge on any atom is -0.497 e. The van der Waals surface area contributed by atoms with Crippen molar-refractivity contribution < 1.29 is 34.0 Å². The summed E-state index contributed by atoms with van der Waals surface area (Å²) in [5.74, 6) is -0.675. The Hall–Kier alpha value is -3.17. The maximum absolute atomic E-state index is 11.9. The number of nitrogens with zero attached hydrogens (tertiary/aromatic N) is 1. The van der Waals surface area contributed by atoms with Gasteiger partial charge in [0.1, 0.15) is 40.8 Å². The van der Waals surface area contributed by atoms with Crippen LogP contribution in [0, 0.1) is 0 Å². The van der Waals surface area contributed by atoms with E-state index in [4.69, 9.17) is 30.5 Å². The molecule has 10 heteroatoms. The van der Waals surface area contributed by atoms with E-state index in [1.807, 2.05) is 42.5 Å². The van der Waals surface area contributed by atoms with Crippen LogP contribution >= 0.6 is 24.0 Å². The highest BCUT2D eigenvalue weighted by atomic mass is 35.5. The molecule has 0 radical (unpaired) electrons. The van der Waals surface area contributed by atoms with Crippen molar-refractivity contribution in [3.05, 3.63) is 82.4 Å². The molecule has 2 aliphatic rings. The number of rotatable bonds is 9. The summed E-state index contributed by atoms with van der Waals surface area (Å²) in [6, 6.07) is 17.7. The molecule has 3 aromatic rings. The number of halogens is 2. The second-order valence-corrected chi connectivity index (χ2v) is 10.8. The molecule has 2 aliphatic heterocycles. The molecule has 0 amide bonds. The van der Waals surface area contributed by atoms with Crippen LogP contribution in [0.5, 0.6) is 23.0 Å². The molecule has 5 rings (SSSR count). The zero-order valence-electron chi connectivity index (χ0n) is 22.4. The van der Waals surface area contributed by atoms with Crippen LogP contribution in [0.1, 0.15) is 41.3 Å². The number of likely N-dealkylation sites (tertiary alicyclic amines) is 1. The quantitative estimate of drug-likeness (QED) is 0.311. The van der Waals surface area contributed by atoms with Gasteiger partial charge in [-0.3, -0.25) is 4.90 Å². The fourth-order valence-electron chi connectivity index (χ4n) is 5.23. The predicted molar refractivity (Wildman–Crippen MR) is 153 cm³/mol. The number of hydrogen-bond acceptors (Lipinski definition) is 7. The summed E-state index contributed by atoms with van der Waals surface area (Å²) in [5.41, 5.74) is 1.73. The summed E-state index contributed by atoms with van der Waals surface area (Å²) >= 11 is 6.15. The number of carboxylic acid groups (broad SMARTS) is 1. The van der Waals surface area contributed by atoms with Crippen molar-refractivity contribution in [1.82, 2.24) is 4.90 Å². The van der Waals surface area contributed by atoms with E-state index in [0.717, 1.165) is 41.9 Å². The SMILES string of the molecule is COc1ccc(COc2ccc(C(=O)O)c(OC(C)(O)CN3CCC4(CC3)Cc3cc(Cl)ccc3O4)c2)cc1.Cl. The Kier molecular flexibility index (Phi) is 9.05. The average molecular weight is 591 g/mol. The van der Waals surface area contributed by atoms with Gasteiger partial charge in [-0.25, -0.2) is 4.79 Å². The monoisotopic (exact) mass is 589 g/mol. The molecular formula is C30H33Cl2NO7. The minimum atomic E-state index is -1.63. The number of aromatic carboxylic acids is 1. The van der Waals surface area contributed by atoms with E-state index in [0.29, 0.717) is 23.9 Å². The molecule has 40 heavy (non-hydrogen) atoms. The van der Waals surface area contributed by atoms with Crippen LogP contribution in [0.25, 0.3) is 0 Å². The molecule has 1 fully saturated rings. The van der Waals surface area contributed by atoms with Crippen LogP contribution in [0.3, 0.4) is 0 Å². The summed E-state index contributed by atoms with van der Waals surface area (Å²) < 4.78 is 23.3. The fourth-order valence-corrected chi connectivity index (χ4v) is 5.42. The average Bonchev–Trinajstić information content (AvgIpc) is 3.25. The van der Waals surface area contributed by atoms with Crippen molar-refractivity contribution >= 4 is 30.0 Å². The number of piperidine rings is 1. The van der Waals surface area contributed by atoms with E-state index in [1.165, 1.54) is 19.1 Å². The van der Waals surface area contributed by atoms with Gasteiger partial charge < -0.3 is 29.2 Å². The van der Waals surface area contributed by atoms with Crippen molar-refractivity contribution in [3.8, 4) is 23.0 Å². The molecule has 8 nitrogen and oxygen atoms in total. The van der Waals surface area contributed by atoms with Gasteiger partial charge in [0, 0.05) is 50.4 Å². The first-order chi connectivity index (χ1) is 18.6. The number of fused-ring (bicyclic) bond motifs is 1. The van der Waals surface area contributed by atoms with Gasteiger partial charge in [0.25, 0.3) is 0 Å². The number of benzene rings is 3. The van der Waals surface area contributed by atoms with Crippen LogP contribution in [-0.4, -0.2) is 59.2 Å². The Labute approximate surface area is 244 Å².